The maximum Gasteiger partial charge on any atom is 0.160 e. The van der Waals surface area contributed by atoms with E-state index in [0.29, 0.717) is 5.84 Å². The lowest BCUT2D eigenvalue weighted by Gasteiger charge is -2.24. The molecular weight excluding hydrogens is 655 g/mol. The van der Waals surface area contributed by atoms with Gasteiger partial charge in [-0.1, -0.05) is 121 Å². The molecule has 4 nitrogen and oxygen atoms in total. The Labute approximate surface area is 303 Å². The molecule has 10 aromatic rings. The van der Waals surface area contributed by atoms with E-state index in [1.807, 2.05) is 41.7 Å². The zero-order valence-corrected chi connectivity index (χ0v) is 28.7. The van der Waals surface area contributed by atoms with E-state index in [-0.39, 0.29) is 6.17 Å². The summed E-state index contributed by atoms with van der Waals surface area (Å²) >= 11 is 1.84. The number of amidine groups is 2. The molecule has 1 atom stereocenters. The van der Waals surface area contributed by atoms with E-state index < -0.39 is 0 Å². The van der Waals surface area contributed by atoms with Crippen LogP contribution in [0.15, 0.2) is 178 Å². The standard InChI is InChI=1S/C47H29N3OS/c1-2-10-30(11-3-1)45-48-46(33-20-19-29-18-17-28-9-4-5-12-34(28)37(29)27-33)50-47(49-45)36-14-8-15-41-44(36)39-26-31(21-23-40(39)51-41)32-22-24-43-38(25-32)35-13-6-7-16-42(35)52-43/h1-27,46H,(H,48,49,50). The van der Waals surface area contributed by atoms with E-state index >= 15 is 0 Å². The number of furan rings is 1. The number of nitrogens with one attached hydrogen (secondary N) is 1. The predicted molar refractivity (Wildman–Crippen MR) is 219 cm³/mol. The first-order chi connectivity index (χ1) is 25.7. The van der Waals surface area contributed by atoms with Gasteiger partial charge in [-0.15, -0.1) is 11.3 Å². The second kappa shape index (κ2) is 11.5. The smallest absolute Gasteiger partial charge is 0.160 e. The SMILES string of the molecule is c1ccc(C2=NC(c3cccc4oc5ccc(-c6ccc7sc8ccccc8c7c6)cc5c34)=NC(c3ccc4ccc5ccccc5c4c3)N2)cc1. The highest BCUT2D eigenvalue weighted by atomic mass is 32.1. The summed E-state index contributed by atoms with van der Waals surface area (Å²) in [7, 11) is 0. The second-order valence-corrected chi connectivity index (χ2v) is 14.5. The summed E-state index contributed by atoms with van der Waals surface area (Å²) in [5.41, 5.74) is 7.00. The minimum absolute atomic E-state index is 0.345. The normalized spacial score (nSPS) is 14.7. The van der Waals surface area contributed by atoms with Gasteiger partial charge in [-0.05, 0) is 80.7 Å². The van der Waals surface area contributed by atoms with Crippen molar-refractivity contribution in [3.8, 4) is 11.1 Å². The van der Waals surface area contributed by atoms with Crippen molar-refractivity contribution in [3.63, 3.8) is 0 Å². The van der Waals surface area contributed by atoms with Crippen LogP contribution in [0.4, 0.5) is 0 Å². The zero-order valence-electron chi connectivity index (χ0n) is 27.9. The molecule has 0 saturated heterocycles. The molecule has 8 aromatic carbocycles. The molecule has 0 saturated carbocycles. The summed E-state index contributed by atoms with van der Waals surface area (Å²) in [5, 5.41) is 13.2. The molecule has 5 heteroatoms. The van der Waals surface area contributed by atoms with E-state index in [4.69, 9.17) is 14.4 Å². The average Bonchev–Trinajstić information content (AvgIpc) is 3.78. The Morgan fingerprint density at radius 2 is 1.23 bits per heavy atom. The summed E-state index contributed by atoms with van der Waals surface area (Å²) in [5.74, 6) is 1.46. The molecular formula is C47H29N3OS. The van der Waals surface area contributed by atoms with Gasteiger partial charge in [0.1, 0.15) is 23.2 Å². The van der Waals surface area contributed by atoms with Crippen molar-refractivity contribution in [2.75, 3.05) is 0 Å². The number of benzene rings is 8. The van der Waals surface area contributed by atoms with Gasteiger partial charge >= 0.3 is 0 Å². The first-order valence-electron chi connectivity index (χ1n) is 17.5. The third kappa shape index (κ3) is 4.67. The highest BCUT2D eigenvalue weighted by molar-refractivity contribution is 7.25. The largest absolute Gasteiger partial charge is 0.456 e. The van der Waals surface area contributed by atoms with Crippen molar-refractivity contribution in [1.29, 1.82) is 0 Å². The molecule has 0 bridgehead atoms. The summed E-state index contributed by atoms with van der Waals surface area (Å²) < 4.78 is 9.09. The number of nitrogens with zero attached hydrogens (tertiary/aromatic N) is 2. The van der Waals surface area contributed by atoms with Crippen LogP contribution in [-0.2, 0) is 0 Å². The minimum atomic E-state index is -0.345. The lowest BCUT2D eigenvalue weighted by molar-refractivity contribution is 0.668. The highest BCUT2D eigenvalue weighted by Gasteiger charge is 2.24. The fourth-order valence-electron chi connectivity index (χ4n) is 7.77. The fraction of sp³-hybridized carbons (Fsp3) is 0.0213. The van der Waals surface area contributed by atoms with Gasteiger partial charge in [-0.2, -0.15) is 0 Å². The minimum Gasteiger partial charge on any atom is -0.456 e. The average molecular weight is 684 g/mol. The van der Waals surface area contributed by atoms with Crippen molar-refractivity contribution in [2.45, 2.75) is 6.17 Å². The number of rotatable bonds is 4. The van der Waals surface area contributed by atoms with Gasteiger partial charge in [0, 0.05) is 42.1 Å². The molecule has 244 valence electrons. The van der Waals surface area contributed by atoms with Crippen LogP contribution in [0.1, 0.15) is 22.9 Å². The summed E-state index contributed by atoms with van der Waals surface area (Å²) in [6.45, 7) is 0. The van der Waals surface area contributed by atoms with Crippen molar-refractivity contribution in [1.82, 2.24) is 5.32 Å². The number of hydrogen-bond donors (Lipinski definition) is 1. The highest BCUT2D eigenvalue weighted by Crippen LogP contribution is 2.39. The molecule has 11 rings (SSSR count). The van der Waals surface area contributed by atoms with Gasteiger partial charge in [-0.3, -0.25) is 0 Å². The van der Waals surface area contributed by atoms with Crippen LogP contribution in [-0.4, -0.2) is 11.7 Å². The Kier molecular flexibility index (Phi) is 6.45. The number of aliphatic imine (C=N–C) groups is 2. The molecule has 0 fully saturated rings. The first-order valence-corrected chi connectivity index (χ1v) is 18.3. The molecule has 1 aliphatic rings. The quantitative estimate of drug-likeness (QED) is 0.188. The van der Waals surface area contributed by atoms with Crippen LogP contribution in [0, 0.1) is 0 Å². The lowest BCUT2D eigenvalue weighted by atomic mass is 9.98. The fourth-order valence-corrected chi connectivity index (χ4v) is 8.86. The first kappa shape index (κ1) is 29.2. The van der Waals surface area contributed by atoms with Crippen molar-refractivity contribution < 1.29 is 4.42 Å². The van der Waals surface area contributed by atoms with Crippen molar-refractivity contribution in [3.05, 3.63) is 180 Å². The van der Waals surface area contributed by atoms with Gasteiger partial charge < -0.3 is 9.73 Å². The van der Waals surface area contributed by atoms with Gasteiger partial charge in [0.05, 0.1) is 0 Å². The maximum atomic E-state index is 6.48. The van der Waals surface area contributed by atoms with Crippen LogP contribution in [0.3, 0.4) is 0 Å². The van der Waals surface area contributed by atoms with Gasteiger partial charge in [0.2, 0.25) is 0 Å². The van der Waals surface area contributed by atoms with E-state index in [2.05, 4.69) is 139 Å². The molecule has 0 spiro atoms. The van der Waals surface area contributed by atoms with Gasteiger partial charge in [0.25, 0.3) is 0 Å². The Bertz CT molecular complexity index is 3120. The molecule has 2 aromatic heterocycles. The molecule has 0 amide bonds. The van der Waals surface area contributed by atoms with Gasteiger partial charge in [0.15, 0.2) is 5.84 Å². The van der Waals surface area contributed by atoms with Crippen molar-refractivity contribution in [2.24, 2.45) is 9.98 Å². The Hall–Kier alpha value is -6.56. The van der Waals surface area contributed by atoms with E-state index in [0.717, 1.165) is 50.0 Å². The van der Waals surface area contributed by atoms with Crippen LogP contribution in [0.2, 0.25) is 0 Å². The van der Waals surface area contributed by atoms with E-state index in [1.165, 1.54) is 47.3 Å². The third-order valence-electron chi connectivity index (χ3n) is 10.3. The Morgan fingerprint density at radius 3 is 2.13 bits per heavy atom. The van der Waals surface area contributed by atoms with E-state index in [9.17, 15) is 0 Å². The van der Waals surface area contributed by atoms with Crippen LogP contribution in [0.5, 0.6) is 0 Å². The molecule has 1 unspecified atom stereocenters. The predicted octanol–water partition coefficient (Wildman–Crippen LogP) is 12.4. The summed E-state index contributed by atoms with van der Waals surface area (Å²) in [4.78, 5) is 10.5. The van der Waals surface area contributed by atoms with Crippen LogP contribution < -0.4 is 5.32 Å². The monoisotopic (exact) mass is 683 g/mol. The van der Waals surface area contributed by atoms with Crippen LogP contribution in [0.25, 0.3) is 74.8 Å². The topological polar surface area (TPSA) is 49.9 Å². The van der Waals surface area contributed by atoms with E-state index in [1.54, 1.807) is 0 Å². The summed E-state index contributed by atoms with van der Waals surface area (Å²) in [6.07, 6.45) is -0.345. The Balaban J connectivity index is 1.09. The van der Waals surface area contributed by atoms with Gasteiger partial charge in [-0.25, -0.2) is 9.98 Å². The number of fused-ring (bicyclic) bond motifs is 9. The van der Waals surface area contributed by atoms with Crippen LogP contribution >= 0.6 is 11.3 Å². The summed E-state index contributed by atoms with van der Waals surface area (Å²) in [6, 6.07) is 58.1. The molecule has 0 aliphatic carbocycles. The number of thiophene rings is 1. The Morgan fingerprint density at radius 1 is 0.500 bits per heavy atom. The van der Waals surface area contributed by atoms with Crippen molar-refractivity contribution >= 4 is 86.7 Å². The molecule has 0 radical (unpaired) electrons. The molecule has 3 heterocycles. The maximum absolute atomic E-state index is 6.48. The molecule has 52 heavy (non-hydrogen) atoms. The lowest BCUT2D eigenvalue weighted by Crippen LogP contribution is -2.33. The second-order valence-electron chi connectivity index (χ2n) is 13.4. The molecule has 1 aliphatic heterocycles. The zero-order chi connectivity index (χ0) is 34.2. The number of hydrogen-bond acceptors (Lipinski definition) is 5. The third-order valence-corrected chi connectivity index (χ3v) is 11.5. The molecule has 1 N–H and O–H groups in total.